The van der Waals surface area contributed by atoms with Crippen LogP contribution in [0.15, 0.2) is 0 Å². The first-order valence-corrected chi connectivity index (χ1v) is 7.51. The Morgan fingerprint density at radius 2 is 2.00 bits per heavy atom. The standard InChI is InChI=1S/C14H23ClN4/c1-6-11(9(2)3)19-12(7-8-15)16-13-10(4)17-18(5)14(13)19/h9,11H,6-8H2,1-5H3. The Morgan fingerprint density at radius 1 is 1.32 bits per heavy atom. The van der Waals surface area contributed by atoms with Crippen LogP contribution in [-0.2, 0) is 13.5 Å². The normalized spacial score (nSPS) is 13.6. The van der Waals surface area contributed by atoms with Crippen molar-refractivity contribution in [1.82, 2.24) is 19.3 Å². The summed E-state index contributed by atoms with van der Waals surface area (Å²) in [5.74, 6) is 2.25. The van der Waals surface area contributed by atoms with Crippen LogP contribution < -0.4 is 0 Å². The number of aromatic nitrogens is 4. The van der Waals surface area contributed by atoms with Gasteiger partial charge in [0.2, 0.25) is 0 Å². The molecule has 0 amide bonds. The zero-order chi connectivity index (χ0) is 14.2. The SMILES string of the molecule is CCC(C(C)C)n1c(CCCl)nc2c(C)nn(C)c21. The smallest absolute Gasteiger partial charge is 0.158 e. The molecule has 0 N–H and O–H groups in total. The molecule has 0 saturated carbocycles. The van der Waals surface area contributed by atoms with Gasteiger partial charge in [-0.1, -0.05) is 20.8 Å². The predicted molar refractivity (Wildman–Crippen MR) is 79.8 cm³/mol. The van der Waals surface area contributed by atoms with E-state index in [1.54, 1.807) is 0 Å². The van der Waals surface area contributed by atoms with Gasteiger partial charge in [-0.2, -0.15) is 5.10 Å². The molecule has 4 nitrogen and oxygen atoms in total. The first-order valence-electron chi connectivity index (χ1n) is 6.97. The minimum Gasteiger partial charge on any atom is -0.309 e. The van der Waals surface area contributed by atoms with Gasteiger partial charge < -0.3 is 4.57 Å². The predicted octanol–water partition coefficient (Wildman–Crippen LogP) is 3.47. The Hall–Kier alpha value is -1.03. The Balaban J connectivity index is 2.69. The van der Waals surface area contributed by atoms with Gasteiger partial charge in [0, 0.05) is 25.4 Å². The van der Waals surface area contributed by atoms with Crippen molar-refractivity contribution in [3.8, 4) is 0 Å². The van der Waals surface area contributed by atoms with Gasteiger partial charge in [-0.25, -0.2) is 4.98 Å². The summed E-state index contributed by atoms with van der Waals surface area (Å²) in [6.45, 7) is 8.76. The quantitative estimate of drug-likeness (QED) is 0.787. The van der Waals surface area contributed by atoms with Crippen LogP contribution in [0, 0.1) is 12.8 Å². The Bertz CT molecular complexity index is 568. The summed E-state index contributed by atoms with van der Waals surface area (Å²) >= 11 is 5.93. The molecule has 0 saturated heterocycles. The average molecular weight is 283 g/mol. The molecule has 2 aromatic heterocycles. The Labute approximate surface area is 119 Å². The number of imidazole rings is 1. The van der Waals surface area contributed by atoms with E-state index in [1.165, 1.54) is 0 Å². The molecule has 2 heterocycles. The lowest BCUT2D eigenvalue weighted by Gasteiger charge is -2.23. The van der Waals surface area contributed by atoms with Crippen LogP contribution in [-0.4, -0.2) is 25.2 Å². The molecule has 0 aliphatic rings. The largest absolute Gasteiger partial charge is 0.309 e. The summed E-state index contributed by atoms with van der Waals surface area (Å²) in [5, 5.41) is 4.49. The topological polar surface area (TPSA) is 35.6 Å². The van der Waals surface area contributed by atoms with Crippen LogP contribution in [0.4, 0.5) is 0 Å². The fraction of sp³-hybridized carbons (Fsp3) is 0.714. The molecular weight excluding hydrogens is 260 g/mol. The summed E-state index contributed by atoms with van der Waals surface area (Å²) in [7, 11) is 1.99. The van der Waals surface area contributed by atoms with Gasteiger partial charge in [0.15, 0.2) is 5.65 Å². The molecule has 2 aromatic rings. The van der Waals surface area contributed by atoms with Crippen LogP contribution >= 0.6 is 11.6 Å². The van der Waals surface area contributed by atoms with E-state index >= 15 is 0 Å². The monoisotopic (exact) mass is 282 g/mol. The van der Waals surface area contributed by atoms with Gasteiger partial charge >= 0.3 is 0 Å². The van der Waals surface area contributed by atoms with Crippen molar-refractivity contribution in [2.45, 2.75) is 46.6 Å². The molecule has 5 heteroatoms. The van der Waals surface area contributed by atoms with Crippen molar-refractivity contribution in [1.29, 1.82) is 0 Å². The van der Waals surface area contributed by atoms with E-state index in [9.17, 15) is 0 Å². The molecule has 1 unspecified atom stereocenters. The van der Waals surface area contributed by atoms with Crippen molar-refractivity contribution in [3.63, 3.8) is 0 Å². The van der Waals surface area contributed by atoms with Gasteiger partial charge in [0.1, 0.15) is 11.3 Å². The van der Waals surface area contributed by atoms with Gasteiger partial charge in [-0.15, -0.1) is 11.6 Å². The number of alkyl halides is 1. The Morgan fingerprint density at radius 3 is 2.53 bits per heavy atom. The Kier molecular flexibility index (Phi) is 4.19. The maximum absolute atomic E-state index is 5.93. The lowest BCUT2D eigenvalue weighted by molar-refractivity contribution is 0.361. The minimum atomic E-state index is 0.443. The molecule has 106 valence electrons. The van der Waals surface area contributed by atoms with E-state index in [4.69, 9.17) is 16.6 Å². The van der Waals surface area contributed by atoms with E-state index < -0.39 is 0 Å². The zero-order valence-electron chi connectivity index (χ0n) is 12.4. The van der Waals surface area contributed by atoms with E-state index in [0.29, 0.717) is 17.8 Å². The van der Waals surface area contributed by atoms with Crippen molar-refractivity contribution < 1.29 is 0 Å². The number of fused-ring (bicyclic) bond motifs is 1. The fourth-order valence-corrected chi connectivity index (χ4v) is 3.07. The molecule has 0 radical (unpaired) electrons. The van der Waals surface area contributed by atoms with Gasteiger partial charge in [0.05, 0.1) is 5.69 Å². The second-order valence-corrected chi connectivity index (χ2v) is 5.82. The van der Waals surface area contributed by atoms with Crippen LogP contribution in [0.2, 0.25) is 0 Å². The van der Waals surface area contributed by atoms with Crippen LogP contribution in [0.5, 0.6) is 0 Å². The maximum Gasteiger partial charge on any atom is 0.158 e. The first kappa shape index (κ1) is 14.4. The highest BCUT2D eigenvalue weighted by Crippen LogP contribution is 2.29. The van der Waals surface area contributed by atoms with Gasteiger partial charge in [0.25, 0.3) is 0 Å². The maximum atomic E-state index is 5.93. The molecule has 2 rings (SSSR count). The van der Waals surface area contributed by atoms with Crippen LogP contribution in [0.1, 0.15) is 44.8 Å². The second-order valence-electron chi connectivity index (χ2n) is 5.44. The molecule has 0 aliphatic carbocycles. The molecule has 0 bridgehead atoms. The number of rotatable bonds is 5. The number of nitrogens with zero attached hydrogens (tertiary/aromatic N) is 4. The van der Waals surface area contributed by atoms with Gasteiger partial charge in [-0.05, 0) is 19.3 Å². The number of aryl methyl sites for hydroxylation is 3. The number of hydrogen-bond donors (Lipinski definition) is 0. The van der Waals surface area contributed by atoms with Crippen LogP contribution in [0.3, 0.4) is 0 Å². The third-order valence-corrected chi connectivity index (χ3v) is 3.93. The van der Waals surface area contributed by atoms with E-state index in [0.717, 1.165) is 35.5 Å². The lowest BCUT2D eigenvalue weighted by Crippen LogP contribution is -2.19. The molecule has 0 aliphatic heterocycles. The molecule has 0 spiro atoms. The zero-order valence-corrected chi connectivity index (χ0v) is 13.2. The molecular formula is C14H23ClN4. The second kappa shape index (κ2) is 5.53. The van der Waals surface area contributed by atoms with Crippen LogP contribution in [0.25, 0.3) is 11.2 Å². The van der Waals surface area contributed by atoms with Crippen molar-refractivity contribution >= 4 is 22.8 Å². The van der Waals surface area contributed by atoms with Crippen molar-refractivity contribution in [3.05, 3.63) is 11.5 Å². The highest BCUT2D eigenvalue weighted by Gasteiger charge is 2.23. The third kappa shape index (κ3) is 2.38. The van der Waals surface area contributed by atoms with E-state index in [2.05, 4.69) is 30.4 Å². The average Bonchev–Trinajstić information content (AvgIpc) is 2.81. The molecule has 0 fully saturated rings. The van der Waals surface area contributed by atoms with Crippen molar-refractivity contribution in [2.24, 2.45) is 13.0 Å². The molecule has 0 aromatic carbocycles. The highest BCUT2D eigenvalue weighted by molar-refractivity contribution is 6.17. The van der Waals surface area contributed by atoms with Gasteiger partial charge in [-0.3, -0.25) is 4.68 Å². The van der Waals surface area contributed by atoms with E-state index in [-0.39, 0.29) is 0 Å². The summed E-state index contributed by atoms with van der Waals surface area (Å²) in [4.78, 5) is 4.77. The van der Waals surface area contributed by atoms with E-state index in [1.807, 2.05) is 18.7 Å². The minimum absolute atomic E-state index is 0.443. The van der Waals surface area contributed by atoms with Crippen molar-refractivity contribution in [2.75, 3.05) is 5.88 Å². The number of halogens is 1. The fourth-order valence-electron chi connectivity index (χ4n) is 2.90. The molecule has 19 heavy (non-hydrogen) atoms. The summed E-state index contributed by atoms with van der Waals surface area (Å²) in [5.41, 5.74) is 3.13. The summed E-state index contributed by atoms with van der Waals surface area (Å²) < 4.78 is 4.29. The number of hydrogen-bond acceptors (Lipinski definition) is 2. The summed E-state index contributed by atoms with van der Waals surface area (Å²) in [6.07, 6.45) is 1.89. The lowest BCUT2D eigenvalue weighted by atomic mass is 10.0. The third-order valence-electron chi connectivity index (χ3n) is 3.75. The highest BCUT2D eigenvalue weighted by atomic mass is 35.5. The molecule has 1 atom stereocenters. The summed E-state index contributed by atoms with van der Waals surface area (Å²) in [6, 6.07) is 0.443. The first-order chi connectivity index (χ1) is 9.01.